The molecular formula is C18H9F3N4O. The van der Waals surface area contributed by atoms with Crippen LogP contribution in [0.2, 0.25) is 0 Å². The molecule has 0 aromatic heterocycles. The Morgan fingerprint density at radius 2 is 1.31 bits per heavy atom. The van der Waals surface area contributed by atoms with Crippen molar-refractivity contribution < 1.29 is 17.9 Å². The lowest BCUT2D eigenvalue weighted by atomic mass is 10.2. The fraction of sp³-hybridized carbons (Fsp3) is 0.0556. The van der Waals surface area contributed by atoms with E-state index in [9.17, 15) is 13.2 Å². The molecule has 2 aromatic carbocycles. The lowest BCUT2D eigenvalue weighted by molar-refractivity contribution is -0.137. The summed E-state index contributed by atoms with van der Waals surface area (Å²) in [6.45, 7) is 0. The maximum Gasteiger partial charge on any atom is 0.416 e. The number of nitrogens with zero attached hydrogens (tertiary/aromatic N) is 3. The molecule has 0 saturated carbocycles. The van der Waals surface area contributed by atoms with Crippen molar-refractivity contribution in [1.82, 2.24) is 0 Å². The van der Waals surface area contributed by atoms with Gasteiger partial charge in [-0.1, -0.05) is 0 Å². The number of hydrogen-bond donors (Lipinski definition) is 1. The number of rotatable bonds is 4. The number of nitrogens with one attached hydrogen (secondary N) is 1. The van der Waals surface area contributed by atoms with Crippen LogP contribution < -0.4 is 10.1 Å². The number of benzene rings is 2. The summed E-state index contributed by atoms with van der Waals surface area (Å²) in [5, 5.41) is 29.2. The predicted molar refractivity (Wildman–Crippen MR) is 85.4 cm³/mol. The van der Waals surface area contributed by atoms with E-state index in [-0.39, 0.29) is 17.0 Å². The third kappa shape index (κ3) is 4.53. The van der Waals surface area contributed by atoms with Gasteiger partial charge < -0.3 is 10.1 Å². The Bertz CT molecular complexity index is 925. The number of allylic oxidation sites excluding steroid dienone is 2. The molecule has 1 N–H and O–H groups in total. The summed E-state index contributed by atoms with van der Waals surface area (Å²) in [7, 11) is 0. The molecule has 0 heterocycles. The second-order valence-corrected chi connectivity index (χ2v) is 4.86. The molecule has 0 bridgehead atoms. The zero-order valence-corrected chi connectivity index (χ0v) is 13.0. The van der Waals surface area contributed by atoms with Gasteiger partial charge in [0, 0.05) is 5.69 Å². The van der Waals surface area contributed by atoms with Crippen LogP contribution >= 0.6 is 0 Å². The molecule has 128 valence electrons. The van der Waals surface area contributed by atoms with E-state index in [1.165, 1.54) is 36.4 Å². The Balaban J connectivity index is 2.11. The highest BCUT2D eigenvalue weighted by Crippen LogP contribution is 2.31. The molecule has 26 heavy (non-hydrogen) atoms. The molecule has 5 nitrogen and oxygen atoms in total. The molecule has 0 fully saturated rings. The first-order valence-electron chi connectivity index (χ1n) is 7.04. The number of alkyl halides is 3. The van der Waals surface area contributed by atoms with Crippen molar-refractivity contribution in [3.05, 3.63) is 65.4 Å². The quantitative estimate of drug-likeness (QED) is 0.801. The van der Waals surface area contributed by atoms with Crippen molar-refractivity contribution in [2.24, 2.45) is 0 Å². The van der Waals surface area contributed by atoms with Gasteiger partial charge >= 0.3 is 6.18 Å². The first-order valence-corrected chi connectivity index (χ1v) is 7.04. The molecular weight excluding hydrogens is 345 g/mol. The van der Waals surface area contributed by atoms with E-state index in [2.05, 4.69) is 5.32 Å². The van der Waals surface area contributed by atoms with Gasteiger partial charge in [-0.3, -0.25) is 0 Å². The number of halogens is 3. The Hall–Kier alpha value is -3.96. The standard InChI is InChI=1S/C18H9F3N4O/c19-18(20,21)13-1-5-15(6-2-13)26-16-7-3-14(4-8-16)25-17(11-24)12(9-22)10-23/h1-8,25H. The largest absolute Gasteiger partial charge is 0.457 e. The van der Waals surface area contributed by atoms with Gasteiger partial charge in [0.05, 0.1) is 5.56 Å². The van der Waals surface area contributed by atoms with Crippen molar-refractivity contribution in [2.75, 3.05) is 5.32 Å². The minimum Gasteiger partial charge on any atom is -0.457 e. The molecule has 0 saturated heterocycles. The minimum atomic E-state index is -4.41. The summed E-state index contributed by atoms with van der Waals surface area (Å²) in [6, 6.07) is 15.3. The maximum absolute atomic E-state index is 12.5. The monoisotopic (exact) mass is 354 g/mol. The SMILES string of the molecule is N#CC(C#N)=C(C#N)Nc1ccc(Oc2ccc(C(F)(F)F)cc2)cc1. The first kappa shape index (κ1) is 18.4. The first-order chi connectivity index (χ1) is 12.4. The number of ether oxygens (including phenoxy) is 1. The fourth-order valence-corrected chi connectivity index (χ4v) is 1.88. The van der Waals surface area contributed by atoms with E-state index in [4.69, 9.17) is 20.5 Å². The van der Waals surface area contributed by atoms with Gasteiger partial charge in [0.1, 0.15) is 35.4 Å². The number of nitriles is 3. The third-order valence-corrected chi connectivity index (χ3v) is 3.13. The van der Waals surface area contributed by atoms with Gasteiger partial charge in [0.2, 0.25) is 0 Å². The smallest absolute Gasteiger partial charge is 0.416 e. The van der Waals surface area contributed by atoms with Gasteiger partial charge in [0.15, 0.2) is 5.57 Å². The van der Waals surface area contributed by atoms with E-state index in [0.717, 1.165) is 12.1 Å². The van der Waals surface area contributed by atoms with Crippen LogP contribution in [-0.2, 0) is 6.18 Å². The Kier molecular flexibility index (Phi) is 5.47. The molecule has 2 aromatic rings. The molecule has 0 spiro atoms. The number of hydrogen-bond acceptors (Lipinski definition) is 5. The lowest BCUT2D eigenvalue weighted by Gasteiger charge is -2.10. The van der Waals surface area contributed by atoms with E-state index in [1.54, 1.807) is 18.2 Å². The minimum absolute atomic E-state index is 0.189. The van der Waals surface area contributed by atoms with Crippen molar-refractivity contribution in [1.29, 1.82) is 15.8 Å². The Morgan fingerprint density at radius 3 is 1.73 bits per heavy atom. The molecule has 2 rings (SSSR count). The van der Waals surface area contributed by atoms with Crippen LogP contribution in [0.3, 0.4) is 0 Å². The van der Waals surface area contributed by atoms with Crippen LogP contribution in [0, 0.1) is 34.0 Å². The molecule has 0 aliphatic rings. The van der Waals surface area contributed by atoms with Crippen LogP contribution in [0.25, 0.3) is 0 Å². The fourth-order valence-electron chi connectivity index (χ4n) is 1.88. The third-order valence-electron chi connectivity index (χ3n) is 3.13. The summed E-state index contributed by atoms with van der Waals surface area (Å²) in [6.07, 6.45) is -4.41. The van der Waals surface area contributed by atoms with Crippen LogP contribution in [0.1, 0.15) is 5.56 Å². The van der Waals surface area contributed by atoms with Crippen molar-refractivity contribution in [3.8, 4) is 29.7 Å². The van der Waals surface area contributed by atoms with Crippen LogP contribution in [0.15, 0.2) is 59.8 Å². The van der Waals surface area contributed by atoms with Crippen LogP contribution in [0.5, 0.6) is 11.5 Å². The molecule has 0 radical (unpaired) electrons. The van der Waals surface area contributed by atoms with Gasteiger partial charge in [-0.05, 0) is 48.5 Å². The van der Waals surface area contributed by atoms with E-state index in [0.29, 0.717) is 11.4 Å². The maximum atomic E-state index is 12.5. The van der Waals surface area contributed by atoms with E-state index >= 15 is 0 Å². The van der Waals surface area contributed by atoms with Gasteiger partial charge in [-0.2, -0.15) is 29.0 Å². The highest BCUT2D eigenvalue weighted by molar-refractivity contribution is 5.59. The second-order valence-electron chi connectivity index (χ2n) is 4.86. The summed E-state index contributed by atoms with van der Waals surface area (Å²) in [4.78, 5) is 0. The summed E-state index contributed by atoms with van der Waals surface area (Å²) < 4.78 is 43.0. The molecule has 0 unspecified atom stereocenters. The van der Waals surface area contributed by atoms with Crippen molar-refractivity contribution in [2.45, 2.75) is 6.18 Å². The molecule has 0 aliphatic carbocycles. The average molecular weight is 354 g/mol. The van der Waals surface area contributed by atoms with Crippen molar-refractivity contribution >= 4 is 5.69 Å². The Morgan fingerprint density at radius 1 is 0.808 bits per heavy atom. The molecule has 0 amide bonds. The van der Waals surface area contributed by atoms with Crippen LogP contribution in [0.4, 0.5) is 18.9 Å². The normalized spacial score (nSPS) is 10.0. The summed E-state index contributed by atoms with van der Waals surface area (Å²) in [5.41, 5.74) is -0.876. The zero-order chi connectivity index (χ0) is 19.2. The van der Waals surface area contributed by atoms with Gasteiger partial charge in [-0.15, -0.1) is 0 Å². The highest BCUT2D eigenvalue weighted by atomic mass is 19.4. The Labute approximate surface area is 146 Å². The second kappa shape index (κ2) is 7.74. The van der Waals surface area contributed by atoms with Gasteiger partial charge in [0.25, 0.3) is 0 Å². The average Bonchev–Trinajstić information content (AvgIpc) is 2.63. The predicted octanol–water partition coefficient (Wildman–Crippen LogP) is 4.73. The molecule has 0 aliphatic heterocycles. The summed E-state index contributed by atoms with van der Waals surface area (Å²) >= 11 is 0. The molecule has 8 heteroatoms. The van der Waals surface area contributed by atoms with Crippen LogP contribution in [-0.4, -0.2) is 0 Å². The summed E-state index contributed by atoms with van der Waals surface area (Å²) in [5.74, 6) is 0.589. The topological polar surface area (TPSA) is 92.6 Å². The van der Waals surface area contributed by atoms with Gasteiger partial charge in [-0.25, -0.2) is 0 Å². The zero-order valence-electron chi connectivity index (χ0n) is 13.0. The number of anilines is 1. The van der Waals surface area contributed by atoms with E-state index in [1.807, 2.05) is 0 Å². The highest BCUT2D eigenvalue weighted by Gasteiger charge is 2.30. The van der Waals surface area contributed by atoms with E-state index < -0.39 is 11.7 Å². The van der Waals surface area contributed by atoms with Crippen molar-refractivity contribution in [3.63, 3.8) is 0 Å². The lowest BCUT2D eigenvalue weighted by Crippen LogP contribution is -2.04. The molecule has 0 atom stereocenters.